The number of para-hydroxylation sites is 1. The zero-order chi connectivity index (χ0) is 24.2. The fourth-order valence-electron chi connectivity index (χ4n) is 3.78. The molecule has 3 N–H and O–H groups in total. The van der Waals surface area contributed by atoms with E-state index >= 15 is 8.78 Å². The van der Waals surface area contributed by atoms with Crippen molar-refractivity contribution >= 4 is 28.6 Å². The lowest BCUT2D eigenvalue weighted by Gasteiger charge is -2.23. The third-order valence-corrected chi connectivity index (χ3v) is 5.31. The van der Waals surface area contributed by atoms with Crippen LogP contribution < -0.4 is 10.1 Å². The fraction of sp³-hybridized carbons (Fsp3) is 0.0909. The van der Waals surface area contributed by atoms with E-state index < -0.39 is 79.0 Å². The molecule has 3 aromatic carbocycles. The van der Waals surface area contributed by atoms with Crippen LogP contribution in [-0.4, -0.2) is 33.8 Å². The number of halogens is 2. The monoisotopic (exact) mass is 456 g/mol. The Morgan fingerprint density at radius 1 is 0.909 bits per heavy atom. The van der Waals surface area contributed by atoms with Gasteiger partial charge in [0.25, 0.3) is 5.69 Å². The number of rotatable bonds is 4. The number of ketones is 2. The highest BCUT2D eigenvalue weighted by Gasteiger charge is 2.42. The van der Waals surface area contributed by atoms with Crippen LogP contribution in [0.3, 0.4) is 0 Å². The average molecular weight is 456 g/mol. The number of benzene rings is 3. The summed E-state index contributed by atoms with van der Waals surface area (Å²) in [7, 11) is 0.980. The highest BCUT2D eigenvalue weighted by molar-refractivity contribution is 6.31. The van der Waals surface area contributed by atoms with Crippen molar-refractivity contribution in [3.8, 4) is 17.2 Å². The predicted molar refractivity (Wildman–Crippen MR) is 111 cm³/mol. The Morgan fingerprint density at radius 3 is 1.97 bits per heavy atom. The molecule has 0 radical (unpaired) electrons. The molecule has 0 saturated heterocycles. The highest BCUT2D eigenvalue weighted by Crippen LogP contribution is 2.46. The van der Waals surface area contributed by atoms with Gasteiger partial charge < -0.3 is 20.3 Å². The molecule has 3 aromatic rings. The Hall–Kier alpha value is -4.54. The van der Waals surface area contributed by atoms with Crippen LogP contribution in [0, 0.1) is 28.7 Å². The summed E-state index contributed by atoms with van der Waals surface area (Å²) in [6.07, 6.45) is 0. The van der Waals surface area contributed by atoms with Gasteiger partial charge in [-0.15, -0.1) is 0 Å². The third kappa shape index (κ3) is 3.04. The number of nitro groups is 1. The summed E-state index contributed by atoms with van der Waals surface area (Å²) in [5.74, 6) is -7.57. The van der Waals surface area contributed by atoms with Crippen LogP contribution in [0.2, 0.25) is 0 Å². The molecule has 4 rings (SSSR count). The van der Waals surface area contributed by atoms with E-state index in [9.17, 15) is 29.9 Å². The van der Waals surface area contributed by atoms with Crippen molar-refractivity contribution in [3.05, 3.63) is 79.9 Å². The van der Waals surface area contributed by atoms with Gasteiger partial charge in [0.05, 0.1) is 34.3 Å². The summed E-state index contributed by atoms with van der Waals surface area (Å²) in [5.41, 5.74) is -4.46. The lowest BCUT2D eigenvalue weighted by molar-refractivity contribution is -0.384. The average Bonchev–Trinajstić information content (AvgIpc) is 2.76. The van der Waals surface area contributed by atoms with E-state index in [0.29, 0.717) is 5.56 Å². The Labute approximate surface area is 184 Å². The molecule has 1 aliphatic carbocycles. The number of hydrogen-bond acceptors (Lipinski definition) is 8. The van der Waals surface area contributed by atoms with Crippen molar-refractivity contribution in [2.75, 3.05) is 12.4 Å². The molecular weight excluding hydrogens is 442 g/mol. The van der Waals surface area contributed by atoms with Crippen LogP contribution in [0.1, 0.15) is 37.4 Å². The molecule has 0 bridgehead atoms. The second-order valence-electron chi connectivity index (χ2n) is 7.15. The number of nitro benzene ring substituents is 1. The maximum Gasteiger partial charge on any atom is 0.292 e. The van der Waals surface area contributed by atoms with E-state index in [-0.39, 0.29) is 5.69 Å². The smallest absolute Gasteiger partial charge is 0.292 e. The van der Waals surface area contributed by atoms with Crippen molar-refractivity contribution < 1.29 is 38.2 Å². The minimum absolute atomic E-state index is 0.186. The number of phenols is 2. The summed E-state index contributed by atoms with van der Waals surface area (Å²) in [6, 6.07) is 5.88. The minimum atomic E-state index is -1.42. The molecule has 0 atom stereocenters. The van der Waals surface area contributed by atoms with Gasteiger partial charge in [-0.2, -0.15) is 0 Å². The van der Waals surface area contributed by atoms with Gasteiger partial charge in [0.15, 0.2) is 17.4 Å². The zero-order valence-corrected chi connectivity index (χ0v) is 17.0. The number of phenolic OH excluding ortho intramolecular Hbond substituents is 2. The molecular formula is C22H14F2N2O7. The van der Waals surface area contributed by atoms with Gasteiger partial charge in [-0.05, 0) is 24.6 Å². The molecule has 0 aromatic heterocycles. The number of aryl methyl sites for hydroxylation is 1. The molecule has 0 saturated carbocycles. The summed E-state index contributed by atoms with van der Waals surface area (Å²) in [6.45, 7) is 1.49. The molecule has 33 heavy (non-hydrogen) atoms. The van der Waals surface area contributed by atoms with E-state index in [2.05, 4.69) is 5.32 Å². The molecule has 1 aliphatic rings. The Balaban J connectivity index is 2.03. The van der Waals surface area contributed by atoms with Gasteiger partial charge in [0.1, 0.15) is 22.9 Å². The van der Waals surface area contributed by atoms with Crippen molar-refractivity contribution in [3.63, 3.8) is 0 Å². The number of nitrogens with zero attached hydrogens (tertiary/aromatic N) is 1. The molecule has 0 unspecified atom stereocenters. The molecule has 0 amide bonds. The van der Waals surface area contributed by atoms with Gasteiger partial charge in [-0.3, -0.25) is 19.7 Å². The lowest BCUT2D eigenvalue weighted by atomic mass is 9.82. The fourth-order valence-corrected chi connectivity index (χ4v) is 3.78. The second-order valence-corrected chi connectivity index (χ2v) is 7.15. The number of carbonyl (C=O) groups is 2. The van der Waals surface area contributed by atoms with E-state index in [1.165, 1.54) is 19.1 Å². The van der Waals surface area contributed by atoms with Crippen molar-refractivity contribution in [1.29, 1.82) is 0 Å². The first kappa shape index (κ1) is 21.7. The van der Waals surface area contributed by atoms with Crippen molar-refractivity contribution in [2.24, 2.45) is 0 Å². The van der Waals surface area contributed by atoms with E-state index in [0.717, 1.165) is 25.3 Å². The molecule has 0 heterocycles. The Bertz CT molecular complexity index is 1400. The normalized spacial score (nSPS) is 12.2. The lowest BCUT2D eigenvalue weighted by Crippen LogP contribution is -2.25. The van der Waals surface area contributed by atoms with Gasteiger partial charge >= 0.3 is 0 Å². The number of methoxy groups -OCH3 is 1. The number of ether oxygens (including phenoxy) is 1. The molecule has 11 heteroatoms. The van der Waals surface area contributed by atoms with E-state index in [1.54, 1.807) is 0 Å². The van der Waals surface area contributed by atoms with E-state index in [1.807, 2.05) is 0 Å². The first-order chi connectivity index (χ1) is 15.6. The van der Waals surface area contributed by atoms with Crippen LogP contribution in [0.4, 0.5) is 25.8 Å². The summed E-state index contributed by atoms with van der Waals surface area (Å²) in [5, 5.41) is 34.0. The number of fused-ring (bicyclic) bond motifs is 2. The predicted octanol–water partition coefficient (Wildman–Crippen LogP) is 4.12. The minimum Gasteiger partial charge on any atom is -0.507 e. The van der Waals surface area contributed by atoms with Crippen LogP contribution in [0.25, 0.3) is 0 Å². The summed E-state index contributed by atoms with van der Waals surface area (Å²) < 4.78 is 36.0. The number of carbonyl (C=O) groups excluding carboxylic acids is 2. The topological polar surface area (TPSA) is 139 Å². The largest absolute Gasteiger partial charge is 0.507 e. The number of hydrogen-bond donors (Lipinski definition) is 3. The first-order valence-corrected chi connectivity index (χ1v) is 9.34. The van der Waals surface area contributed by atoms with Crippen molar-refractivity contribution in [2.45, 2.75) is 6.92 Å². The Kier molecular flexibility index (Phi) is 4.96. The maximum atomic E-state index is 15.7. The number of aromatic hydroxyl groups is 2. The molecule has 0 fully saturated rings. The zero-order valence-electron chi connectivity index (χ0n) is 17.0. The first-order valence-electron chi connectivity index (χ1n) is 9.34. The van der Waals surface area contributed by atoms with Crippen LogP contribution in [0.15, 0.2) is 30.3 Å². The SMILES string of the molecule is COc1c(F)c2c(c(F)c1Nc1c(C)cccc1[N+](=O)[O-])C(=O)c1c(O)ccc(O)c1C2=O. The van der Waals surface area contributed by atoms with Gasteiger partial charge in [-0.25, -0.2) is 8.78 Å². The second kappa shape index (κ2) is 7.55. The molecule has 9 nitrogen and oxygen atoms in total. The van der Waals surface area contributed by atoms with Gasteiger partial charge in [0, 0.05) is 6.07 Å². The molecule has 168 valence electrons. The quantitative estimate of drug-likeness (QED) is 0.237. The number of nitrogens with one attached hydrogen (secondary N) is 1. The molecule has 0 aliphatic heterocycles. The van der Waals surface area contributed by atoms with Crippen LogP contribution in [-0.2, 0) is 0 Å². The van der Waals surface area contributed by atoms with Crippen LogP contribution >= 0.6 is 0 Å². The van der Waals surface area contributed by atoms with Crippen LogP contribution in [0.5, 0.6) is 17.2 Å². The van der Waals surface area contributed by atoms with Crippen molar-refractivity contribution in [1.82, 2.24) is 0 Å². The van der Waals surface area contributed by atoms with E-state index in [4.69, 9.17) is 4.74 Å². The molecule has 0 spiro atoms. The summed E-state index contributed by atoms with van der Waals surface area (Å²) >= 11 is 0. The van der Waals surface area contributed by atoms with Gasteiger partial charge in [-0.1, -0.05) is 12.1 Å². The maximum absolute atomic E-state index is 15.7. The third-order valence-electron chi connectivity index (χ3n) is 5.31. The standard InChI is InChI=1S/C22H14F2N2O7/c1-8-4-3-5-9(26(31)32)18(8)25-19-16(23)14-15(17(24)22(19)33-2)21(30)13-11(28)7-6-10(27)12(13)20(14)29/h3-7,25,27-28H,1-2H3. The highest BCUT2D eigenvalue weighted by atomic mass is 19.1. The Morgan fingerprint density at radius 2 is 1.45 bits per heavy atom. The number of anilines is 2. The van der Waals surface area contributed by atoms with Gasteiger partial charge in [0.2, 0.25) is 11.6 Å². The summed E-state index contributed by atoms with van der Waals surface area (Å²) in [4.78, 5) is 36.7.